The van der Waals surface area contributed by atoms with Crippen molar-refractivity contribution in [2.45, 2.75) is 13.8 Å². The van der Waals surface area contributed by atoms with Crippen LogP contribution in [-0.4, -0.2) is 45.7 Å². The molecule has 2 rings (SSSR count). The molecular weight excluding hydrogens is 318 g/mol. The van der Waals surface area contributed by atoms with Crippen molar-refractivity contribution in [2.75, 3.05) is 21.3 Å². The normalized spacial score (nSPS) is 10.4. The molecule has 1 atom stereocenters. The molecule has 0 bridgehead atoms. The predicted octanol–water partition coefficient (Wildman–Crippen LogP) is 2.82. The first-order valence-electron chi connectivity index (χ1n) is 7.18. The van der Waals surface area contributed by atoms with E-state index in [-0.39, 0.29) is 33.0 Å². The standard InChI is InChI=1S/C18H21O4P.Li.H/c1-11-6-7-16(12(2)8-11)23-18(19)17-14(21-4)9-13(20-3)10-15(17)22-5;;/h6-10,23H,1-5H3;;. The molecule has 0 fully saturated rings. The number of ether oxygens (including phenoxy) is 3. The average Bonchev–Trinajstić information content (AvgIpc) is 2.55. The van der Waals surface area contributed by atoms with Crippen LogP contribution in [0.15, 0.2) is 30.3 Å². The van der Waals surface area contributed by atoms with E-state index in [4.69, 9.17) is 14.2 Å². The van der Waals surface area contributed by atoms with Crippen LogP contribution in [0.25, 0.3) is 0 Å². The Labute approximate surface area is 156 Å². The summed E-state index contributed by atoms with van der Waals surface area (Å²) >= 11 is 0. The van der Waals surface area contributed by atoms with Crippen LogP contribution in [0.3, 0.4) is 0 Å². The number of rotatable bonds is 6. The molecule has 124 valence electrons. The fraction of sp³-hybridized carbons (Fsp3) is 0.278. The molecule has 0 amide bonds. The van der Waals surface area contributed by atoms with Crippen LogP contribution in [0, 0.1) is 13.8 Å². The average molecular weight is 340 g/mol. The zero-order valence-corrected chi connectivity index (χ0v) is 15.0. The van der Waals surface area contributed by atoms with Crippen molar-refractivity contribution in [1.29, 1.82) is 0 Å². The van der Waals surface area contributed by atoms with E-state index >= 15 is 0 Å². The molecular formula is C18H22LiO4P. The Kier molecular flexibility index (Phi) is 7.83. The van der Waals surface area contributed by atoms with Crippen molar-refractivity contribution < 1.29 is 19.0 Å². The van der Waals surface area contributed by atoms with Gasteiger partial charge >= 0.3 is 18.9 Å². The minimum atomic E-state index is -0.0201. The van der Waals surface area contributed by atoms with Gasteiger partial charge in [0, 0.05) is 12.1 Å². The van der Waals surface area contributed by atoms with E-state index in [1.54, 1.807) is 19.2 Å². The first kappa shape index (κ1) is 20.6. The third kappa shape index (κ3) is 4.54. The Balaban J connectivity index is 0.00000288. The van der Waals surface area contributed by atoms with E-state index in [1.165, 1.54) is 19.8 Å². The molecule has 2 aromatic carbocycles. The van der Waals surface area contributed by atoms with Crippen molar-refractivity contribution in [3.63, 3.8) is 0 Å². The van der Waals surface area contributed by atoms with Crippen LogP contribution in [0.5, 0.6) is 17.2 Å². The summed E-state index contributed by atoms with van der Waals surface area (Å²) in [4.78, 5) is 12.8. The van der Waals surface area contributed by atoms with Crippen LogP contribution >= 0.6 is 8.58 Å². The van der Waals surface area contributed by atoms with Gasteiger partial charge in [-0.15, -0.1) is 0 Å². The van der Waals surface area contributed by atoms with Gasteiger partial charge in [0.25, 0.3) is 0 Å². The van der Waals surface area contributed by atoms with E-state index < -0.39 is 0 Å². The fourth-order valence-electron chi connectivity index (χ4n) is 2.37. The topological polar surface area (TPSA) is 44.8 Å². The Morgan fingerprint density at radius 3 is 1.96 bits per heavy atom. The molecule has 2 aromatic rings. The van der Waals surface area contributed by atoms with E-state index in [0.717, 1.165) is 10.9 Å². The molecule has 0 aliphatic heterocycles. The molecule has 0 radical (unpaired) electrons. The first-order valence-corrected chi connectivity index (χ1v) is 8.18. The predicted molar refractivity (Wildman–Crippen MR) is 101 cm³/mol. The molecule has 0 aliphatic carbocycles. The number of carbonyl (C=O) groups excluding carboxylic acids is 1. The number of aryl methyl sites for hydroxylation is 2. The SMILES string of the molecule is COc1cc(OC)c(C(=O)Pc2ccc(C)cc2C)c(OC)c1.[LiH]. The summed E-state index contributed by atoms with van der Waals surface area (Å²) in [5, 5.41) is 1.03. The van der Waals surface area contributed by atoms with Gasteiger partial charge < -0.3 is 14.2 Å². The molecule has 0 spiro atoms. The number of carbonyl (C=O) groups is 1. The van der Waals surface area contributed by atoms with Gasteiger partial charge in [0.2, 0.25) is 0 Å². The van der Waals surface area contributed by atoms with Crippen molar-refractivity contribution in [1.82, 2.24) is 0 Å². The summed E-state index contributed by atoms with van der Waals surface area (Å²) in [6.07, 6.45) is 0. The zero-order valence-electron chi connectivity index (χ0n) is 14.0. The molecule has 0 aliphatic rings. The molecule has 6 heteroatoms. The van der Waals surface area contributed by atoms with Gasteiger partial charge in [0.15, 0.2) is 5.52 Å². The van der Waals surface area contributed by atoms with Crippen molar-refractivity contribution in [3.8, 4) is 17.2 Å². The maximum absolute atomic E-state index is 12.8. The Bertz CT molecular complexity index is 706. The molecule has 0 saturated heterocycles. The van der Waals surface area contributed by atoms with Gasteiger partial charge in [0.05, 0.1) is 21.3 Å². The van der Waals surface area contributed by atoms with Crippen molar-refractivity contribution in [2.24, 2.45) is 0 Å². The first-order chi connectivity index (χ1) is 11.0. The maximum atomic E-state index is 12.8. The van der Waals surface area contributed by atoms with Crippen LogP contribution in [0.4, 0.5) is 0 Å². The van der Waals surface area contributed by atoms with Crippen LogP contribution in [-0.2, 0) is 0 Å². The van der Waals surface area contributed by atoms with Gasteiger partial charge in [-0.2, -0.15) is 0 Å². The van der Waals surface area contributed by atoms with Crippen molar-refractivity contribution in [3.05, 3.63) is 47.0 Å². The monoisotopic (exact) mass is 340 g/mol. The fourth-order valence-corrected chi connectivity index (χ4v) is 3.42. The summed E-state index contributed by atoms with van der Waals surface area (Å²) in [7, 11) is 4.64. The quantitative estimate of drug-likeness (QED) is 0.599. The second kappa shape index (κ2) is 9.13. The van der Waals surface area contributed by atoms with E-state index in [9.17, 15) is 4.79 Å². The zero-order chi connectivity index (χ0) is 17.0. The Morgan fingerprint density at radius 1 is 0.917 bits per heavy atom. The summed E-state index contributed by atoms with van der Waals surface area (Å²) in [6, 6.07) is 9.50. The van der Waals surface area contributed by atoms with Crippen LogP contribution in [0.1, 0.15) is 21.5 Å². The van der Waals surface area contributed by atoms with Gasteiger partial charge in [-0.05, 0) is 33.3 Å². The summed E-state index contributed by atoms with van der Waals surface area (Å²) < 4.78 is 15.9. The molecule has 1 unspecified atom stereocenters. The van der Waals surface area contributed by atoms with Crippen LogP contribution in [0.2, 0.25) is 0 Å². The second-order valence-corrected chi connectivity index (χ2v) is 6.42. The number of hydrogen-bond acceptors (Lipinski definition) is 4. The van der Waals surface area contributed by atoms with E-state index in [0.29, 0.717) is 22.8 Å². The third-order valence-corrected chi connectivity index (χ3v) is 4.88. The third-order valence-electron chi connectivity index (χ3n) is 3.57. The number of hydrogen-bond donors (Lipinski definition) is 0. The molecule has 0 saturated carbocycles. The van der Waals surface area contributed by atoms with Gasteiger partial charge in [-0.3, -0.25) is 4.79 Å². The van der Waals surface area contributed by atoms with E-state index in [2.05, 4.69) is 6.07 Å². The summed E-state index contributed by atoms with van der Waals surface area (Å²) in [6.45, 7) is 4.06. The Morgan fingerprint density at radius 2 is 1.50 bits per heavy atom. The molecule has 0 heterocycles. The minimum absolute atomic E-state index is 0. The van der Waals surface area contributed by atoms with Gasteiger partial charge in [0.1, 0.15) is 22.8 Å². The molecule has 0 N–H and O–H groups in total. The molecule has 4 nitrogen and oxygen atoms in total. The van der Waals surface area contributed by atoms with Crippen molar-refractivity contribution >= 4 is 38.3 Å². The number of benzene rings is 2. The summed E-state index contributed by atoms with van der Waals surface area (Å²) in [5.41, 5.74) is 2.73. The second-order valence-electron chi connectivity index (χ2n) is 5.18. The molecule has 0 aromatic heterocycles. The van der Waals surface area contributed by atoms with Gasteiger partial charge in [-0.25, -0.2) is 0 Å². The van der Waals surface area contributed by atoms with Crippen LogP contribution < -0.4 is 19.5 Å². The Hall–Kier alpha value is -1.46. The van der Waals surface area contributed by atoms with E-state index in [1.807, 2.05) is 26.0 Å². The summed E-state index contributed by atoms with van der Waals surface area (Å²) in [5.74, 6) is 1.51. The van der Waals surface area contributed by atoms with Gasteiger partial charge in [-0.1, -0.05) is 23.8 Å². The molecule has 24 heavy (non-hydrogen) atoms. The number of methoxy groups -OCH3 is 3.